The second-order valence-corrected chi connectivity index (χ2v) is 5.25. The van der Waals surface area contributed by atoms with Crippen molar-refractivity contribution in [1.29, 1.82) is 0 Å². The van der Waals surface area contributed by atoms with Crippen LogP contribution in [0.2, 0.25) is 0 Å². The molecule has 0 unspecified atom stereocenters. The average Bonchev–Trinajstić information content (AvgIpc) is 2.57. The zero-order valence-electron chi connectivity index (χ0n) is 14.1. The molecule has 0 bridgehead atoms. The number of piperidine rings is 1. The largest absolute Gasteiger partial charge is 0.481 e. The molecule has 0 aromatic carbocycles. The SMILES string of the molecule is CCOC1CCN(C(=NC)NCc2ccc(OC)nc2)CC1.I. The van der Waals surface area contributed by atoms with Crippen LogP contribution in [-0.2, 0) is 11.3 Å². The predicted octanol–water partition coefficient (Wildman–Crippen LogP) is 2.28. The first kappa shape index (κ1) is 20.0. The first-order valence-electron chi connectivity index (χ1n) is 7.83. The molecule has 0 spiro atoms. The fourth-order valence-electron chi connectivity index (χ4n) is 2.62. The minimum atomic E-state index is 0. The number of hydrogen-bond donors (Lipinski definition) is 1. The van der Waals surface area contributed by atoms with Crippen LogP contribution >= 0.6 is 24.0 Å². The number of nitrogens with zero attached hydrogens (tertiary/aromatic N) is 3. The lowest BCUT2D eigenvalue weighted by molar-refractivity contribution is 0.0263. The molecule has 1 saturated heterocycles. The Kier molecular flexibility index (Phi) is 9.23. The molecule has 2 heterocycles. The summed E-state index contributed by atoms with van der Waals surface area (Å²) in [7, 11) is 3.44. The number of rotatable bonds is 5. The van der Waals surface area contributed by atoms with Crippen LogP contribution in [0.5, 0.6) is 5.88 Å². The van der Waals surface area contributed by atoms with E-state index in [0.717, 1.165) is 44.1 Å². The molecule has 130 valence electrons. The second-order valence-electron chi connectivity index (χ2n) is 5.25. The van der Waals surface area contributed by atoms with Gasteiger partial charge in [-0.25, -0.2) is 4.98 Å². The summed E-state index contributed by atoms with van der Waals surface area (Å²) < 4.78 is 10.8. The minimum absolute atomic E-state index is 0. The highest BCUT2D eigenvalue weighted by Gasteiger charge is 2.21. The molecule has 1 aromatic rings. The summed E-state index contributed by atoms with van der Waals surface area (Å²) in [5, 5.41) is 3.39. The van der Waals surface area contributed by atoms with Crippen LogP contribution in [0.4, 0.5) is 0 Å². The van der Waals surface area contributed by atoms with Crippen molar-refractivity contribution in [2.45, 2.75) is 32.4 Å². The number of ether oxygens (including phenoxy) is 2. The Morgan fingerprint density at radius 2 is 2.13 bits per heavy atom. The third-order valence-corrected chi connectivity index (χ3v) is 3.81. The Bertz CT molecular complexity index is 473. The van der Waals surface area contributed by atoms with Crippen LogP contribution in [0.3, 0.4) is 0 Å². The number of pyridine rings is 1. The predicted molar refractivity (Wildman–Crippen MR) is 103 cm³/mol. The smallest absolute Gasteiger partial charge is 0.212 e. The topological polar surface area (TPSA) is 59.0 Å². The second kappa shape index (κ2) is 10.6. The molecule has 1 fully saturated rings. The summed E-state index contributed by atoms with van der Waals surface area (Å²) in [4.78, 5) is 10.9. The lowest BCUT2D eigenvalue weighted by Gasteiger charge is -2.34. The molecule has 1 aliphatic rings. The number of nitrogens with one attached hydrogen (secondary N) is 1. The van der Waals surface area contributed by atoms with Gasteiger partial charge in [-0.3, -0.25) is 4.99 Å². The summed E-state index contributed by atoms with van der Waals surface area (Å²) in [6.45, 7) is 5.50. The van der Waals surface area contributed by atoms with Crippen LogP contribution in [0.15, 0.2) is 23.3 Å². The molecule has 0 atom stereocenters. The van der Waals surface area contributed by atoms with E-state index in [2.05, 4.69) is 27.1 Å². The maximum atomic E-state index is 5.69. The van der Waals surface area contributed by atoms with Gasteiger partial charge in [-0.2, -0.15) is 0 Å². The molecule has 23 heavy (non-hydrogen) atoms. The van der Waals surface area contributed by atoms with Gasteiger partial charge in [0, 0.05) is 45.6 Å². The molecule has 1 aromatic heterocycles. The molecular weight excluding hydrogens is 407 g/mol. The van der Waals surface area contributed by atoms with Crippen molar-refractivity contribution in [2.75, 3.05) is 33.9 Å². The van der Waals surface area contributed by atoms with Gasteiger partial charge in [-0.05, 0) is 25.3 Å². The van der Waals surface area contributed by atoms with Crippen molar-refractivity contribution in [3.05, 3.63) is 23.9 Å². The number of hydrogen-bond acceptors (Lipinski definition) is 4. The van der Waals surface area contributed by atoms with Crippen LogP contribution in [-0.4, -0.2) is 55.8 Å². The lowest BCUT2D eigenvalue weighted by atomic mass is 10.1. The Balaban J connectivity index is 0.00000264. The summed E-state index contributed by atoms with van der Waals surface area (Å²) in [5.74, 6) is 1.57. The van der Waals surface area contributed by atoms with Gasteiger partial charge in [-0.15, -0.1) is 24.0 Å². The molecule has 0 amide bonds. The number of aromatic nitrogens is 1. The first-order chi connectivity index (χ1) is 10.8. The van der Waals surface area contributed by atoms with Crippen LogP contribution in [0, 0.1) is 0 Å². The Morgan fingerprint density at radius 3 is 2.65 bits per heavy atom. The number of likely N-dealkylation sites (tertiary alicyclic amines) is 1. The Morgan fingerprint density at radius 1 is 1.39 bits per heavy atom. The van der Waals surface area contributed by atoms with Gasteiger partial charge in [0.05, 0.1) is 13.2 Å². The van der Waals surface area contributed by atoms with E-state index in [1.165, 1.54) is 0 Å². The van der Waals surface area contributed by atoms with Crippen LogP contribution in [0.1, 0.15) is 25.3 Å². The number of guanidine groups is 1. The first-order valence-corrected chi connectivity index (χ1v) is 7.83. The van der Waals surface area contributed by atoms with E-state index >= 15 is 0 Å². The third-order valence-electron chi connectivity index (χ3n) is 3.81. The number of aliphatic imine (C=N–C) groups is 1. The van der Waals surface area contributed by atoms with E-state index in [4.69, 9.17) is 9.47 Å². The maximum absolute atomic E-state index is 5.69. The fourth-order valence-corrected chi connectivity index (χ4v) is 2.62. The van der Waals surface area contributed by atoms with E-state index in [1.54, 1.807) is 7.11 Å². The zero-order chi connectivity index (χ0) is 15.8. The molecule has 6 nitrogen and oxygen atoms in total. The van der Waals surface area contributed by atoms with E-state index < -0.39 is 0 Å². The third kappa shape index (κ3) is 6.14. The maximum Gasteiger partial charge on any atom is 0.212 e. The van der Waals surface area contributed by atoms with Gasteiger partial charge in [0.1, 0.15) is 0 Å². The van der Waals surface area contributed by atoms with Crippen molar-refractivity contribution in [2.24, 2.45) is 4.99 Å². The fraction of sp³-hybridized carbons (Fsp3) is 0.625. The molecule has 1 N–H and O–H groups in total. The van der Waals surface area contributed by atoms with Crippen molar-refractivity contribution < 1.29 is 9.47 Å². The van der Waals surface area contributed by atoms with Gasteiger partial charge in [-0.1, -0.05) is 6.07 Å². The van der Waals surface area contributed by atoms with Gasteiger partial charge < -0.3 is 19.7 Å². The zero-order valence-corrected chi connectivity index (χ0v) is 16.4. The number of methoxy groups -OCH3 is 1. The van der Waals surface area contributed by atoms with Crippen molar-refractivity contribution in [3.8, 4) is 5.88 Å². The summed E-state index contributed by atoms with van der Waals surface area (Å²) in [5.41, 5.74) is 1.10. The monoisotopic (exact) mass is 434 g/mol. The van der Waals surface area contributed by atoms with E-state index in [-0.39, 0.29) is 24.0 Å². The molecule has 7 heteroatoms. The molecular formula is C16H27IN4O2. The van der Waals surface area contributed by atoms with Crippen LogP contribution < -0.4 is 10.1 Å². The Hall–Kier alpha value is -1.09. The van der Waals surface area contributed by atoms with Crippen LogP contribution in [0.25, 0.3) is 0 Å². The van der Waals surface area contributed by atoms with Gasteiger partial charge >= 0.3 is 0 Å². The summed E-state index contributed by atoms with van der Waals surface area (Å²) in [6.07, 6.45) is 4.32. The Labute approximate surface area is 155 Å². The molecule has 0 saturated carbocycles. The molecule has 2 rings (SSSR count). The van der Waals surface area contributed by atoms with E-state index in [0.29, 0.717) is 18.5 Å². The molecule has 0 radical (unpaired) electrons. The van der Waals surface area contributed by atoms with Crippen molar-refractivity contribution in [3.63, 3.8) is 0 Å². The normalized spacial score (nSPS) is 16.0. The lowest BCUT2D eigenvalue weighted by Crippen LogP contribution is -2.46. The average molecular weight is 434 g/mol. The molecule has 0 aliphatic carbocycles. The van der Waals surface area contributed by atoms with Crippen molar-refractivity contribution >= 4 is 29.9 Å². The van der Waals surface area contributed by atoms with E-state index in [1.807, 2.05) is 25.4 Å². The van der Waals surface area contributed by atoms with Gasteiger partial charge in [0.25, 0.3) is 0 Å². The van der Waals surface area contributed by atoms with E-state index in [9.17, 15) is 0 Å². The summed E-state index contributed by atoms with van der Waals surface area (Å²) in [6, 6.07) is 3.88. The van der Waals surface area contributed by atoms with Gasteiger partial charge in [0.15, 0.2) is 5.96 Å². The standard InChI is InChI=1S/C16H26N4O2.HI/c1-4-22-14-7-9-20(10-8-14)16(17-2)19-12-13-5-6-15(21-3)18-11-13;/h5-6,11,14H,4,7-10,12H2,1-3H3,(H,17,19);1H. The summed E-state index contributed by atoms with van der Waals surface area (Å²) >= 11 is 0. The van der Waals surface area contributed by atoms with Crippen molar-refractivity contribution in [1.82, 2.24) is 15.2 Å². The highest BCUT2D eigenvalue weighted by Crippen LogP contribution is 2.14. The number of halogens is 1. The minimum Gasteiger partial charge on any atom is -0.481 e. The van der Waals surface area contributed by atoms with Gasteiger partial charge in [0.2, 0.25) is 5.88 Å². The highest BCUT2D eigenvalue weighted by molar-refractivity contribution is 14.0. The quantitative estimate of drug-likeness (QED) is 0.438. The highest BCUT2D eigenvalue weighted by atomic mass is 127. The molecule has 1 aliphatic heterocycles.